The van der Waals surface area contributed by atoms with Crippen LogP contribution in [0.25, 0.3) is 22.3 Å². The van der Waals surface area contributed by atoms with Crippen molar-refractivity contribution in [2.75, 3.05) is 11.5 Å². The molecule has 4 aromatic heterocycles. The molecule has 0 aromatic carbocycles. The Morgan fingerprint density at radius 1 is 0.783 bits per heavy atom. The van der Waals surface area contributed by atoms with Crippen molar-refractivity contribution in [2.24, 2.45) is 0 Å². The van der Waals surface area contributed by atoms with Crippen molar-refractivity contribution in [3.8, 4) is 0 Å². The summed E-state index contributed by atoms with van der Waals surface area (Å²) in [6.07, 6.45) is 3.08. The minimum Gasteiger partial charge on any atom is -0.369 e. The number of fused-ring (bicyclic) bond motifs is 2. The number of imidazole rings is 2. The van der Waals surface area contributed by atoms with Crippen LogP contribution in [0.4, 0.5) is 11.9 Å². The molecule has 10 nitrogen and oxygen atoms in total. The van der Waals surface area contributed by atoms with Crippen LogP contribution < -0.4 is 11.5 Å². The van der Waals surface area contributed by atoms with E-state index in [4.69, 9.17) is 35.9 Å². The number of hydrogen-bond donors (Lipinski definition) is 6. The third-order valence-corrected chi connectivity index (χ3v) is 3.23. The highest BCUT2D eigenvalue weighted by molar-refractivity contribution is 7.71. The third kappa shape index (κ3) is 3.44. The van der Waals surface area contributed by atoms with E-state index in [9.17, 15) is 0 Å². The molecule has 0 aliphatic heterocycles. The van der Waals surface area contributed by atoms with Gasteiger partial charge in [-0.15, -0.1) is 12.4 Å². The summed E-state index contributed by atoms with van der Waals surface area (Å²) in [6.45, 7) is 0. The lowest BCUT2D eigenvalue weighted by molar-refractivity contribution is 1.20. The first-order valence-electron chi connectivity index (χ1n) is 5.92. The lowest BCUT2D eigenvalue weighted by atomic mass is 10.6. The molecule has 4 heterocycles. The predicted octanol–water partition coefficient (Wildman–Crippen LogP) is 1.62. The van der Waals surface area contributed by atoms with Crippen LogP contribution in [0.2, 0.25) is 0 Å². The van der Waals surface area contributed by atoms with E-state index in [-0.39, 0.29) is 24.3 Å². The number of rotatable bonds is 0. The third-order valence-electron chi connectivity index (χ3n) is 2.64. The average molecular weight is 371 g/mol. The van der Waals surface area contributed by atoms with Gasteiger partial charge in [-0.2, -0.15) is 0 Å². The van der Waals surface area contributed by atoms with Crippen molar-refractivity contribution in [3.05, 3.63) is 21.9 Å². The summed E-state index contributed by atoms with van der Waals surface area (Å²) in [4.78, 5) is 26.8. The second-order valence-electron chi connectivity index (χ2n) is 4.11. The normalized spacial score (nSPS) is 10.1. The average Bonchev–Trinajstić information content (AvgIpc) is 3.07. The van der Waals surface area contributed by atoms with Gasteiger partial charge < -0.3 is 31.4 Å². The van der Waals surface area contributed by atoms with Crippen LogP contribution in [0, 0.1) is 9.28 Å². The highest BCUT2D eigenvalue weighted by Crippen LogP contribution is 2.07. The molecule has 0 saturated carbocycles. The zero-order chi connectivity index (χ0) is 15.7. The van der Waals surface area contributed by atoms with Gasteiger partial charge in [0.15, 0.2) is 20.6 Å². The first kappa shape index (κ1) is 16.8. The molecule has 0 saturated heterocycles. The molecular formula is C10H11ClN10S2. The van der Waals surface area contributed by atoms with E-state index in [1.54, 1.807) is 0 Å². The number of nitrogens with zero attached hydrogens (tertiary/aromatic N) is 4. The predicted molar refractivity (Wildman–Crippen MR) is 94.2 cm³/mol. The standard InChI is InChI=1S/2C5H5N5S.ClH/c2*6-5-9-3-2(4(11)10-5)7-1-8-3;/h2*1H,(H4,6,7,8,9,10,11);1H. The van der Waals surface area contributed by atoms with Crippen molar-refractivity contribution >= 4 is 71.1 Å². The molecule has 0 unspecified atom stereocenters. The maximum absolute atomic E-state index is 5.40. The molecule has 0 amide bonds. The van der Waals surface area contributed by atoms with Gasteiger partial charge in [0.2, 0.25) is 11.9 Å². The van der Waals surface area contributed by atoms with Crippen molar-refractivity contribution in [3.63, 3.8) is 0 Å². The van der Waals surface area contributed by atoms with Gasteiger partial charge in [0.1, 0.15) is 11.0 Å². The lowest BCUT2D eigenvalue weighted by Gasteiger charge is -1.91. The van der Waals surface area contributed by atoms with Crippen LogP contribution in [-0.2, 0) is 0 Å². The van der Waals surface area contributed by atoms with E-state index in [0.717, 1.165) is 0 Å². The van der Waals surface area contributed by atoms with Crippen molar-refractivity contribution in [1.29, 1.82) is 0 Å². The molecule has 0 aliphatic carbocycles. The zero-order valence-electron chi connectivity index (χ0n) is 11.3. The molecule has 13 heteroatoms. The minimum absolute atomic E-state index is 0. The number of nitrogens with two attached hydrogens (primary N) is 2. The zero-order valence-corrected chi connectivity index (χ0v) is 13.8. The summed E-state index contributed by atoms with van der Waals surface area (Å²) in [5.41, 5.74) is 13.5. The molecule has 4 aromatic rings. The van der Waals surface area contributed by atoms with E-state index in [2.05, 4.69) is 39.9 Å². The molecule has 0 aliphatic rings. The molecule has 0 radical (unpaired) electrons. The minimum atomic E-state index is 0. The molecule has 0 fully saturated rings. The summed E-state index contributed by atoms with van der Waals surface area (Å²) in [7, 11) is 0. The van der Waals surface area contributed by atoms with Crippen molar-refractivity contribution < 1.29 is 0 Å². The number of aromatic amines is 4. The van der Waals surface area contributed by atoms with Gasteiger partial charge in [-0.05, 0) is 0 Å². The van der Waals surface area contributed by atoms with Gasteiger partial charge in [-0.25, -0.2) is 19.9 Å². The summed E-state index contributed by atoms with van der Waals surface area (Å²) < 4.78 is 0.877. The Hall–Kier alpha value is -2.57. The summed E-state index contributed by atoms with van der Waals surface area (Å²) in [5, 5.41) is 0. The Balaban J connectivity index is 0.000000160. The number of nitrogen functional groups attached to an aromatic ring is 2. The molecular weight excluding hydrogens is 360 g/mol. The Morgan fingerprint density at radius 3 is 1.57 bits per heavy atom. The van der Waals surface area contributed by atoms with Crippen LogP contribution in [0.5, 0.6) is 0 Å². The fourth-order valence-electron chi connectivity index (χ4n) is 1.73. The molecule has 0 spiro atoms. The highest BCUT2D eigenvalue weighted by Gasteiger charge is 1.99. The molecule has 23 heavy (non-hydrogen) atoms. The van der Waals surface area contributed by atoms with E-state index in [0.29, 0.717) is 31.6 Å². The number of aromatic nitrogens is 8. The number of H-pyrrole nitrogens is 4. The molecule has 0 bridgehead atoms. The maximum Gasteiger partial charge on any atom is 0.200 e. The number of nitrogens with one attached hydrogen (secondary N) is 4. The van der Waals surface area contributed by atoms with E-state index in [1.165, 1.54) is 12.7 Å². The Bertz CT molecular complexity index is 975. The highest BCUT2D eigenvalue weighted by atomic mass is 35.5. The topological polar surface area (TPSA) is 167 Å². The quantitative estimate of drug-likeness (QED) is 0.254. The fraction of sp³-hybridized carbons (Fsp3) is 0. The number of hydrogen-bond acceptors (Lipinski definition) is 8. The van der Waals surface area contributed by atoms with Gasteiger partial charge >= 0.3 is 0 Å². The number of halogens is 1. The second kappa shape index (κ2) is 6.68. The van der Waals surface area contributed by atoms with Crippen molar-refractivity contribution in [1.82, 2.24) is 39.9 Å². The van der Waals surface area contributed by atoms with E-state index < -0.39 is 0 Å². The monoisotopic (exact) mass is 370 g/mol. The molecule has 4 rings (SSSR count). The van der Waals surface area contributed by atoms with Gasteiger partial charge in [0.05, 0.1) is 12.7 Å². The van der Waals surface area contributed by atoms with E-state index in [1.807, 2.05) is 0 Å². The fourth-order valence-corrected chi connectivity index (χ4v) is 2.24. The Morgan fingerprint density at radius 2 is 1.17 bits per heavy atom. The van der Waals surface area contributed by atoms with Gasteiger partial charge in [-0.3, -0.25) is 0 Å². The van der Waals surface area contributed by atoms with Crippen molar-refractivity contribution in [2.45, 2.75) is 0 Å². The summed E-state index contributed by atoms with van der Waals surface area (Å²) in [5.74, 6) is 0.573. The summed E-state index contributed by atoms with van der Waals surface area (Å²) >= 11 is 9.83. The van der Waals surface area contributed by atoms with Crippen LogP contribution in [0.3, 0.4) is 0 Å². The molecule has 120 valence electrons. The Labute approximate surface area is 144 Å². The molecule has 8 N–H and O–H groups in total. The maximum atomic E-state index is 5.40. The van der Waals surface area contributed by atoms with Crippen LogP contribution >= 0.6 is 36.8 Å². The van der Waals surface area contributed by atoms with Gasteiger partial charge in [0, 0.05) is 0 Å². The largest absolute Gasteiger partial charge is 0.369 e. The van der Waals surface area contributed by atoms with Crippen LogP contribution in [-0.4, -0.2) is 39.9 Å². The molecule has 0 atom stereocenters. The van der Waals surface area contributed by atoms with Crippen LogP contribution in [0.1, 0.15) is 0 Å². The Kier molecular flexibility index (Phi) is 4.88. The first-order chi connectivity index (χ1) is 10.5. The van der Waals surface area contributed by atoms with E-state index >= 15 is 0 Å². The van der Waals surface area contributed by atoms with Gasteiger partial charge in [0.25, 0.3) is 0 Å². The SMILES string of the molecule is Cl.Nc1nc(=S)c2[nH]cnc2[nH]1.Nc1nc(=S)c2[nH]cnc2[nH]1. The lowest BCUT2D eigenvalue weighted by Crippen LogP contribution is -1.94. The first-order valence-corrected chi connectivity index (χ1v) is 6.74. The second-order valence-corrected chi connectivity index (χ2v) is 4.88. The van der Waals surface area contributed by atoms with Crippen LogP contribution in [0.15, 0.2) is 12.7 Å². The smallest absolute Gasteiger partial charge is 0.200 e. The number of anilines is 2. The summed E-state index contributed by atoms with van der Waals surface area (Å²) in [6, 6.07) is 0. The van der Waals surface area contributed by atoms with Gasteiger partial charge in [-0.1, -0.05) is 24.4 Å².